The number of nitrogens with one attached hydrogen (secondary N) is 2. The quantitative estimate of drug-likeness (QED) is 0.562. The highest BCUT2D eigenvalue weighted by atomic mass is 32.1. The molecule has 29 heavy (non-hydrogen) atoms. The molecule has 0 spiro atoms. The van der Waals surface area contributed by atoms with Gasteiger partial charge in [0.15, 0.2) is 6.10 Å². The Bertz CT molecular complexity index is 1030. The Kier molecular flexibility index (Phi) is 6.39. The number of halogens is 1. The maximum atomic E-state index is 12.9. The number of carbonyl (C=O) groups is 2. The minimum Gasteiger partial charge on any atom is -0.481 e. The number of carbonyl (C=O) groups excluding carboxylic acids is 2. The Labute approximate surface area is 168 Å². The molecule has 3 rings (SSSR count). The summed E-state index contributed by atoms with van der Waals surface area (Å²) in [7, 11) is 0. The van der Waals surface area contributed by atoms with E-state index < -0.39 is 29.5 Å². The molecule has 0 bridgehead atoms. The molecule has 0 radical (unpaired) electrons. The first-order chi connectivity index (χ1) is 13.9. The number of hydrazine groups is 1. The summed E-state index contributed by atoms with van der Waals surface area (Å²) in [4.78, 5) is 36.4. The fourth-order valence-electron chi connectivity index (χ4n) is 2.22. The molecule has 0 fully saturated rings. The van der Waals surface area contributed by atoms with Crippen LogP contribution in [0.25, 0.3) is 10.8 Å². The summed E-state index contributed by atoms with van der Waals surface area (Å²) in [5.74, 6) is -1.72. The van der Waals surface area contributed by atoms with Gasteiger partial charge in [-0.05, 0) is 42.6 Å². The Morgan fingerprint density at radius 2 is 2.03 bits per heavy atom. The van der Waals surface area contributed by atoms with Crippen LogP contribution in [0, 0.1) is 5.82 Å². The topological polar surface area (TPSA) is 115 Å². The monoisotopic (exact) mass is 420 g/mol. The number of thiophene rings is 1. The summed E-state index contributed by atoms with van der Waals surface area (Å²) in [5, 5.41) is 5.86. The molecule has 2 amide bonds. The van der Waals surface area contributed by atoms with E-state index in [1.54, 1.807) is 12.1 Å². The lowest BCUT2D eigenvalue weighted by atomic mass is 10.3. The molecule has 1 aromatic carbocycles. The van der Waals surface area contributed by atoms with E-state index in [-0.39, 0.29) is 18.9 Å². The van der Waals surface area contributed by atoms with Gasteiger partial charge >= 0.3 is 5.76 Å². The second-order valence-corrected chi connectivity index (χ2v) is 6.82. The lowest BCUT2D eigenvalue weighted by Gasteiger charge is -2.15. The van der Waals surface area contributed by atoms with E-state index in [2.05, 4.69) is 16.0 Å². The highest BCUT2D eigenvalue weighted by Gasteiger charge is 2.16. The van der Waals surface area contributed by atoms with Gasteiger partial charge in [-0.15, -0.1) is 16.4 Å². The van der Waals surface area contributed by atoms with Gasteiger partial charge in [-0.1, -0.05) is 6.07 Å². The Morgan fingerprint density at radius 1 is 1.28 bits per heavy atom. The van der Waals surface area contributed by atoms with Crippen molar-refractivity contribution >= 4 is 23.2 Å². The van der Waals surface area contributed by atoms with Crippen LogP contribution in [0.2, 0.25) is 0 Å². The van der Waals surface area contributed by atoms with Crippen molar-refractivity contribution in [3.8, 4) is 16.5 Å². The van der Waals surface area contributed by atoms with Crippen LogP contribution in [-0.2, 0) is 16.1 Å². The second kappa shape index (κ2) is 9.15. The molecule has 11 heteroatoms. The number of hydrogen-bond acceptors (Lipinski definition) is 7. The number of aromatic nitrogens is 2. The molecule has 1 atom stereocenters. The molecule has 0 aliphatic rings. The van der Waals surface area contributed by atoms with Gasteiger partial charge in [0.25, 0.3) is 11.8 Å². The van der Waals surface area contributed by atoms with Crippen LogP contribution in [0.3, 0.4) is 0 Å². The summed E-state index contributed by atoms with van der Waals surface area (Å²) in [6.07, 6.45) is -1.03. The molecule has 2 heterocycles. The third kappa shape index (κ3) is 5.51. The Morgan fingerprint density at radius 3 is 2.72 bits per heavy atom. The fourth-order valence-corrected chi connectivity index (χ4v) is 2.87. The molecule has 0 aliphatic heterocycles. The van der Waals surface area contributed by atoms with Gasteiger partial charge in [-0.3, -0.25) is 20.4 Å². The van der Waals surface area contributed by atoms with Crippen LogP contribution in [0.1, 0.15) is 13.3 Å². The summed E-state index contributed by atoms with van der Waals surface area (Å²) >= 11 is 1.37. The summed E-state index contributed by atoms with van der Waals surface area (Å²) in [5.41, 5.74) is 4.46. The average molecular weight is 420 g/mol. The Hall–Kier alpha value is -3.47. The molecular formula is C18H17FN4O5S. The lowest BCUT2D eigenvalue weighted by molar-refractivity contribution is -0.132. The summed E-state index contributed by atoms with van der Waals surface area (Å²) in [6, 6.07) is 8.75. The zero-order valence-electron chi connectivity index (χ0n) is 15.3. The van der Waals surface area contributed by atoms with Crippen LogP contribution < -0.4 is 21.3 Å². The molecule has 0 saturated carbocycles. The second-order valence-electron chi connectivity index (χ2n) is 5.87. The van der Waals surface area contributed by atoms with Gasteiger partial charge in [0.2, 0.25) is 5.91 Å². The van der Waals surface area contributed by atoms with Crippen LogP contribution >= 0.6 is 11.3 Å². The highest BCUT2D eigenvalue weighted by molar-refractivity contribution is 7.13. The number of rotatable bonds is 7. The van der Waals surface area contributed by atoms with Gasteiger partial charge in [-0.25, -0.2) is 9.18 Å². The van der Waals surface area contributed by atoms with E-state index in [0.717, 1.165) is 4.68 Å². The Balaban J connectivity index is 1.44. The van der Waals surface area contributed by atoms with E-state index in [0.29, 0.717) is 10.6 Å². The van der Waals surface area contributed by atoms with Crippen molar-refractivity contribution in [1.29, 1.82) is 0 Å². The first kappa shape index (κ1) is 20.3. The molecule has 1 unspecified atom stereocenters. The zero-order valence-corrected chi connectivity index (χ0v) is 16.1. The van der Waals surface area contributed by atoms with Crippen LogP contribution in [0.15, 0.2) is 51.0 Å². The lowest BCUT2D eigenvalue weighted by Crippen LogP contribution is -2.47. The SMILES string of the molecule is CC(Oc1ccc(F)cc1)C(=O)NNC(=O)CCn1nc(-c2cccs2)oc1=O. The number of benzene rings is 1. The summed E-state index contributed by atoms with van der Waals surface area (Å²) in [6.45, 7) is 1.46. The molecule has 9 nitrogen and oxygen atoms in total. The first-order valence-electron chi connectivity index (χ1n) is 8.55. The van der Waals surface area contributed by atoms with Crippen molar-refractivity contribution in [3.63, 3.8) is 0 Å². The first-order valence-corrected chi connectivity index (χ1v) is 9.43. The number of hydrogen-bond donors (Lipinski definition) is 2. The maximum Gasteiger partial charge on any atom is 0.437 e. The van der Waals surface area contributed by atoms with E-state index in [4.69, 9.17) is 9.15 Å². The largest absolute Gasteiger partial charge is 0.481 e. The highest BCUT2D eigenvalue weighted by Crippen LogP contribution is 2.21. The van der Waals surface area contributed by atoms with E-state index in [1.165, 1.54) is 42.5 Å². The standard InChI is InChI=1S/C18H17FN4O5S/c1-11(27-13-6-4-12(19)5-7-13)16(25)21-20-15(24)8-9-23-18(26)28-17(22-23)14-3-2-10-29-14/h2-7,10-11H,8-9H2,1H3,(H,20,24)(H,21,25). The van der Waals surface area contributed by atoms with Crippen molar-refractivity contribution in [2.45, 2.75) is 26.0 Å². The number of amides is 2. The van der Waals surface area contributed by atoms with E-state index in [1.807, 2.05) is 5.38 Å². The average Bonchev–Trinajstić information content (AvgIpc) is 3.36. The van der Waals surface area contributed by atoms with E-state index in [9.17, 15) is 18.8 Å². The van der Waals surface area contributed by atoms with Crippen molar-refractivity contribution in [2.75, 3.05) is 0 Å². The van der Waals surface area contributed by atoms with Gasteiger partial charge in [0, 0.05) is 6.42 Å². The van der Waals surface area contributed by atoms with Crippen molar-refractivity contribution in [1.82, 2.24) is 20.6 Å². The number of ether oxygens (including phenoxy) is 1. The van der Waals surface area contributed by atoms with Crippen LogP contribution in [0.4, 0.5) is 4.39 Å². The van der Waals surface area contributed by atoms with E-state index >= 15 is 0 Å². The molecule has 2 N–H and O–H groups in total. The zero-order chi connectivity index (χ0) is 20.8. The molecule has 0 saturated heterocycles. The predicted octanol–water partition coefficient (Wildman–Crippen LogP) is 1.71. The van der Waals surface area contributed by atoms with Gasteiger partial charge in [-0.2, -0.15) is 4.68 Å². The smallest absolute Gasteiger partial charge is 0.437 e. The predicted molar refractivity (Wildman–Crippen MR) is 101 cm³/mol. The fraction of sp³-hybridized carbons (Fsp3) is 0.222. The maximum absolute atomic E-state index is 12.9. The van der Waals surface area contributed by atoms with Crippen molar-refractivity contribution < 1.29 is 23.1 Å². The molecule has 2 aromatic heterocycles. The van der Waals surface area contributed by atoms with Gasteiger partial charge in [0.1, 0.15) is 11.6 Å². The summed E-state index contributed by atoms with van der Waals surface area (Å²) < 4.78 is 24.3. The molecule has 3 aromatic rings. The van der Waals surface area contributed by atoms with Crippen molar-refractivity contribution in [2.24, 2.45) is 0 Å². The molecule has 152 valence electrons. The van der Waals surface area contributed by atoms with Gasteiger partial charge < -0.3 is 9.15 Å². The minimum atomic E-state index is -0.924. The molecular weight excluding hydrogens is 403 g/mol. The molecule has 0 aliphatic carbocycles. The number of aryl methyl sites for hydroxylation is 1. The van der Waals surface area contributed by atoms with Gasteiger partial charge in [0.05, 0.1) is 11.4 Å². The number of nitrogens with zero attached hydrogens (tertiary/aromatic N) is 2. The normalized spacial score (nSPS) is 11.7. The third-order valence-corrected chi connectivity index (χ3v) is 4.57. The van der Waals surface area contributed by atoms with Crippen LogP contribution in [0.5, 0.6) is 5.75 Å². The minimum absolute atomic E-state index is 0.0168. The third-order valence-electron chi connectivity index (χ3n) is 3.71. The van der Waals surface area contributed by atoms with Crippen LogP contribution in [-0.4, -0.2) is 27.7 Å². The van der Waals surface area contributed by atoms with Crippen molar-refractivity contribution in [3.05, 3.63) is 58.1 Å².